The fourth-order valence-electron chi connectivity index (χ4n) is 0.992. The molecule has 0 aliphatic rings. The van der Waals surface area contributed by atoms with Crippen LogP contribution in [0, 0.1) is 9.81 Å². The highest BCUT2D eigenvalue weighted by molar-refractivity contribution is 5.69. The molecule has 0 amide bonds. The highest BCUT2D eigenvalue weighted by Crippen LogP contribution is 2.29. The molecule has 13 heavy (non-hydrogen) atoms. The largest absolute Gasteiger partial charge is 0.383 e. The van der Waals surface area contributed by atoms with Crippen LogP contribution in [-0.2, 0) is 0 Å². The molecule has 0 aliphatic heterocycles. The summed E-state index contributed by atoms with van der Waals surface area (Å²) in [5.74, 6) is 0. The van der Waals surface area contributed by atoms with Crippen molar-refractivity contribution in [2.45, 2.75) is 6.92 Å². The number of nitrogens with zero attached hydrogens (tertiary/aromatic N) is 2. The van der Waals surface area contributed by atoms with E-state index in [1.165, 1.54) is 12.1 Å². The molecule has 0 bridgehead atoms. The fourth-order valence-corrected chi connectivity index (χ4v) is 0.992. The van der Waals surface area contributed by atoms with Gasteiger partial charge in [0.05, 0.1) is 5.69 Å². The molecule has 0 saturated carbocycles. The third-order valence-electron chi connectivity index (χ3n) is 1.55. The Morgan fingerprint density at radius 3 is 2.62 bits per heavy atom. The van der Waals surface area contributed by atoms with Crippen molar-refractivity contribution in [2.75, 3.05) is 11.9 Å². The van der Waals surface area contributed by atoms with Crippen LogP contribution in [0.2, 0.25) is 0 Å². The van der Waals surface area contributed by atoms with E-state index >= 15 is 0 Å². The first-order chi connectivity index (χ1) is 6.31. The van der Waals surface area contributed by atoms with Gasteiger partial charge >= 0.3 is 0 Å². The van der Waals surface area contributed by atoms with Crippen LogP contribution in [0.3, 0.4) is 0 Å². The third kappa shape index (κ3) is 2.08. The molecule has 5 heteroatoms. The highest BCUT2D eigenvalue weighted by Gasteiger charge is 2.03. The van der Waals surface area contributed by atoms with E-state index in [4.69, 9.17) is 0 Å². The van der Waals surface area contributed by atoms with Crippen LogP contribution in [0.1, 0.15) is 6.92 Å². The molecular formula is C8H9N3O2. The van der Waals surface area contributed by atoms with Crippen molar-refractivity contribution in [1.82, 2.24) is 0 Å². The van der Waals surface area contributed by atoms with Gasteiger partial charge in [0.25, 0.3) is 0 Å². The van der Waals surface area contributed by atoms with E-state index < -0.39 is 0 Å². The summed E-state index contributed by atoms with van der Waals surface area (Å²) in [6.45, 7) is 2.59. The third-order valence-corrected chi connectivity index (χ3v) is 1.55. The van der Waals surface area contributed by atoms with Crippen molar-refractivity contribution in [2.24, 2.45) is 10.4 Å². The standard InChI is InChI=1S/C8H9N3O2/c1-2-9-7-4-3-6(10-12)5-8(7)11-13/h3-5,9H,2H2,1H3. The zero-order valence-electron chi connectivity index (χ0n) is 7.15. The lowest BCUT2D eigenvalue weighted by Gasteiger charge is -2.04. The summed E-state index contributed by atoms with van der Waals surface area (Å²) in [6.07, 6.45) is 0. The van der Waals surface area contributed by atoms with Crippen molar-refractivity contribution >= 4 is 17.1 Å². The SMILES string of the molecule is CCNc1ccc(N=O)cc1N=O. The molecule has 0 heterocycles. The van der Waals surface area contributed by atoms with E-state index in [0.717, 1.165) is 0 Å². The lowest BCUT2D eigenvalue weighted by molar-refractivity contribution is 1.21. The van der Waals surface area contributed by atoms with E-state index in [1.807, 2.05) is 6.92 Å². The fraction of sp³-hybridized carbons (Fsp3) is 0.250. The first-order valence-corrected chi connectivity index (χ1v) is 3.86. The minimum absolute atomic E-state index is 0.205. The van der Waals surface area contributed by atoms with E-state index in [9.17, 15) is 9.81 Å². The Bertz CT molecular complexity index is 325. The Hall–Kier alpha value is -1.78. The summed E-state index contributed by atoms with van der Waals surface area (Å²) in [5.41, 5.74) is 1.03. The lowest BCUT2D eigenvalue weighted by atomic mass is 10.2. The van der Waals surface area contributed by atoms with Crippen molar-refractivity contribution in [3.63, 3.8) is 0 Å². The highest BCUT2D eigenvalue weighted by atomic mass is 16.3. The summed E-state index contributed by atoms with van der Waals surface area (Å²) in [6, 6.07) is 4.48. The lowest BCUT2D eigenvalue weighted by Crippen LogP contribution is -1.95. The predicted molar refractivity (Wildman–Crippen MR) is 51.5 cm³/mol. The van der Waals surface area contributed by atoms with Gasteiger partial charge in [-0.15, -0.1) is 9.81 Å². The zero-order chi connectivity index (χ0) is 9.68. The second kappa shape index (κ2) is 4.30. The van der Waals surface area contributed by atoms with Gasteiger partial charge < -0.3 is 5.32 Å². The summed E-state index contributed by atoms with van der Waals surface area (Å²) in [4.78, 5) is 20.5. The minimum atomic E-state index is 0.205. The van der Waals surface area contributed by atoms with Crippen molar-refractivity contribution < 1.29 is 0 Å². The Balaban J connectivity index is 3.07. The van der Waals surface area contributed by atoms with E-state index in [-0.39, 0.29) is 11.4 Å². The van der Waals surface area contributed by atoms with Gasteiger partial charge in [0.15, 0.2) is 0 Å². The van der Waals surface area contributed by atoms with Gasteiger partial charge in [-0.2, -0.15) is 0 Å². The van der Waals surface area contributed by atoms with Gasteiger partial charge in [-0.05, 0) is 35.5 Å². The Kier molecular flexibility index (Phi) is 3.08. The first kappa shape index (κ1) is 9.31. The average molecular weight is 179 g/mol. The first-order valence-electron chi connectivity index (χ1n) is 3.86. The van der Waals surface area contributed by atoms with Crippen LogP contribution >= 0.6 is 0 Å². The molecule has 1 rings (SSSR count). The molecule has 0 aliphatic carbocycles. The van der Waals surface area contributed by atoms with Gasteiger partial charge in [0, 0.05) is 6.54 Å². The maximum atomic E-state index is 10.3. The van der Waals surface area contributed by atoms with Gasteiger partial charge in [-0.1, -0.05) is 0 Å². The summed E-state index contributed by atoms with van der Waals surface area (Å²) >= 11 is 0. The monoisotopic (exact) mass is 179 g/mol. The number of benzene rings is 1. The molecule has 0 atom stereocenters. The van der Waals surface area contributed by atoms with Crippen LogP contribution in [0.5, 0.6) is 0 Å². The molecule has 0 fully saturated rings. The molecular weight excluding hydrogens is 170 g/mol. The number of nitroso groups, excluding NO2 is 2. The molecule has 1 N–H and O–H groups in total. The Morgan fingerprint density at radius 2 is 2.08 bits per heavy atom. The molecule has 1 aromatic rings. The quantitative estimate of drug-likeness (QED) is 0.722. The molecule has 68 valence electrons. The predicted octanol–water partition coefficient (Wildman–Crippen LogP) is 2.91. The summed E-state index contributed by atoms with van der Waals surface area (Å²) < 4.78 is 0. The smallest absolute Gasteiger partial charge is 0.133 e. The van der Waals surface area contributed by atoms with Gasteiger partial charge in [-0.3, -0.25) is 0 Å². The molecule has 0 unspecified atom stereocenters. The topological polar surface area (TPSA) is 70.9 Å². The van der Waals surface area contributed by atoms with Gasteiger partial charge in [0.2, 0.25) is 0 Å². The van der Waals surface area contributed by atoms with E-state index in [0.29, 0.717) is 12.2 Å². The maximum absolute atomic E-state index is 10.3. The van der Waals surface area contributed by atoms with Crippen LogP contribution in [0.15, 0.2) is 28.6 Å². The minimum Gasteiger partial charge on any atom is -0.383 e. The van der Waals surface area contributed by atoms with Crippen molar-refractivity contribution in [1.29, 1.82) is 0 Å². The van der Waals surface area contributed by atoms with Crippen LogP contribution in [0.4, 0.5) is 17.1 Å². The number of rotatable bonds is 4. The molecule has 0 aromatic heterocycles. The summed E-state index contributed by atoms with van der Waals surface area (Å²) in [7, 11) is 0. The van der Waals surface area contributed by atoms with Gasteiger partial charge in [0.1, 0.15) is 11.4 Å². The number of anilines is 1. The van der Waals surface area contributed by atoms with E-state index in [2.05, 4.69) is 15.7 Å². The van der Waals surface area contributed by atoms with E-state index in [1.54, 1.807) is 6.07 Å². The molecule has 0 spiro atoms. The second-order valence-electron chi connectivity index (χ2n) is 2.41. The summed E-state index contributed by atoms with van der Waals surface area (Å²) in [5, 5.41) is 8.43. The van der Waals surface area contributed by atoms with Crippen molar-refractivity contribution in [3.05, 3.63) is 28.0 Å². The normalized spacial score (nSPS) is 9.31. The number of hydrogen-bond acceptors (Lipinski definition) is 5. The van der Waals surface area contributed by atoms with Crippen LogP contribution in [-0.4, -0.2) is 6.54 Å². The second-order valence-corrected chi connectivity index (χ2v) is 2.41. The molecule has 0 saturated heterocycles. The van der Waals surface area contributed by atoms with Crippen LogP contribution < -0.4 is 5.32 Å². The number of hydrogen-bond donors (Lipinski definition) is 1. The Morgan fingerprint density at radius 1 is 1.31 bits per heavy atom. The van der Waals surface area contributed by atoms with Crippen LogP contribution in [0.25, 0.3) is 0 Å². The average Bonchev–Trinajstić information content (AvgIpc) is 2.19. The number of nitrogens with one attached hydrogen (secondary N) is 1. The van der Waals surface area contributed by atoms with Gasteiger partial charge in [-0.25, -0.2) is 0 Å². The Labute approximate surface area is 75.1 Å². The maximum Gasteiger partial charge on any atom is 0.133 e. The van der Waals surface area contributed by atoms with Crippen molar-refractivity contribution in [3.8, 4) is 0 Å². The molecule has 1 aromatic carbocycles. The molecule has 5 nitrogen and oxygen atoms in total. The zero-order valence-corrected chi connectivity index (χ0v) is 7.15. The molecule has 0 radical (unpaired) electrons.